The van der Waals surface area contributed by atoms with E-state index >= 15 is 0 Å². The zero-order valence-electron chi connectivity index (χ0n) is 12.2. The van der Waals surface area contributed by atoms with Gasteiger partial charge in [0.25, 0.3) is 0 Å². The van der Waals surface area contributed by atoms with E-state index in [1.165, 1.54) is 29.3 Å². The summed E-state index contributed by atoms with van der Waals surface area (Å²) < 4.78 is 4.10. The average Bonchev–Trinajstić information content (AvgIpc) is 2.72. The molecule has 0 aliphatic carbocycles. The molecule has 0 aliphatic rings. The normalized spacial score (nSPS) is 14.2. The first-order valence-corrected chi connectivity index (χ1v) is 7.42. The van der Waals surface area contributed by atoms with Gasteiger partial charge in [-0.05, 0) is 23.9 Å². The molecule has 104 valence electrons. The molecule has 0 amide bonds. The zero-order chi connectivity index (χ0) is 13.8. The zero-order valence-corrected chi connectivity index (χ0v) is 13.0. The second-order valence-electron chi connectivity index (χ2n) is 6.28. The van der Waals surface area contributed by atoms with Crippen molar-refractivity contribution in [3.8, 4) is 0 Å². The smallest absolute Gasteiger partial charge is 0.0857 e. The van der Waals surface area contributed by atoms with Crippen LogP contribution < -0.4 is 11.3 Å². The highest BCUT2D eigenvalue weighted by Crippen LogP contribution is 2.32. The van der Waals surface area contributed by atoms with Crippen molar-refractivity contribution in [3.05, 3.63) is 10.6 Å². The fourth-order valence-electron chi connectivity index (χ4n) is 1.97. The van der Waals surface area contributed by atoms with E-state index in [0.29, 0.717) is 0 Å². The van der Waals surface area contributed by atoms with Crippen LogP contribution in [0, 0.1) is 5.92 Å². The Balaban J connectivity index is 2.73. The number of rotatable bonds is 6. The highest BCUT2D eigenvalue weighted by molar-refractivity contribution is 7.05. The summed E-state index contributed by atoms with van der Waals surface area (Å²) in [7, 11) is 0. The second kappa shape index (κ2) is 6.59. The van der Waals surface area contributed by atoms with Gasteiger partial charge < -0.3 is 0 Å². The largest absolute Gasteiger partial charge is 0.271 e. The molecule has 1 heterocycles. The van der Waals surface area contributed by atoms with Gasteiger partial charge in [0.2, 0.25) is 0 Å². The molecule has 0 aromatic carbocycles. The molecule has 0 fully saturated rings. The van der Waals surface area contributed by atoms with Crippen LogP contribution in [0.15, 0.2) is 0 Å². The minimum absolute atomic E-state index is 0.0233. The van der Waals surface area contributed by atoms with Gasteiger partial charge in [-0.15, -0.1) is 5.10 Å². The number of nitrogens with one attached hydrogen (secondary N) is 1. The van der Waals surface area contributed by atoms with Crippen molar-refractivity contribution < 1.29 is 0 Å². The third kappa shape index (κ3) is 4.30. The molecule has 5 heteroatoms. The lowest BCUT2D eigenvalue weighted by molar-refractivity contribution is 0.449. The van der Waals surface area contributed by atoms with Gasteiger partial charge in [-0.3, -0.25) is 11.3 Å². The van der Waals surface area contributed by atoms with E-state index in [1.54, 1.807) is 0 Å². The lowest BCUT2D eigenvalue weighted by Crippen LogP contribution is -2.29. The van der Waals surface area contributed by atoms with Crippen LogP contribution in [0.1, 0.15) is 70.5 Å². The number of nitrogens with zero attached hydrogens (tertiary/aromatic N) is 2. The Morgan fingerprint density at radius 2 is 1.94 bits per heavy atom. The van der Waals surface area contributed by atoms with Crippen LogP contribution >= 0.6 is 11.5 Å². The minimum atomic E-state index is 0.0233. The standard InChI is InChI=1S/C13H26N4S/c1-9(2)7-6-8-10(15-14)11-12(13(3,4)5)16-17-18-11/h9-10,15H,6-8,14H2,1-5H3. The minimum Gasteiger partial charge on any atom is -0.271 e. The second-order valence-corrected chi connectivity index (χ2v) is 7.07. The summed E-state index contributed by atoms with van der Waals surface area (Å²) in [5.74, 6) is 6.43. The number of hydrogen-bond donors (Lipinski definition) is 2. The van der Waals surface area contributed by atoms with E-state index < -0.39 is 0 Å². The van der Waals surface area contributed by atoms with Gasteiger partial charge in [-0.25, -0.2) is 0 Å². The Kier molecular flexibility index (Phi) is 5.69. The molecule has 18 heavy (non-hydrogen) atoms. The van der Waals surface area contributed by atoms with Gasteiger partial charge >= 0.3 is 0 Å². The molecule has 1 aromatic rings. The molecule has 0 spiro atoms. The Morgan fingerprint density at radius 3 is 2.44 bits per heavy atom. The van der Waals surface area contributed by atoms with Crippen LogP contribution in [0.5, 0.6) is 0 Å². The van der Waals surface area contributed by atoms with Crippen LogP contribution in [0.2, 0.25) is 0 Å². The van der Waals surface area contributed by atoms with Crippen molar-refractivity contribution in [2.24, 2.45) is 11.8 Å². The fraction of sp³-hybridized carbons (Fsp3) is 0.846. The predicted octanol–water partition coefficient (Wildman–Crippen LogP) is 3.17. The predicted molar refractivity (Wildman–Crippen MR) is 77.4 cm³/mol. The lowest BCUT2D eigenvalue weighted by atomic mass is 9.89. The van der Waals surface area contributed by atoms with Crippen LogP contribution in [-0.4, -0.2) is 9.59 Å². The van der Waals surface area contributed by atoms with E-state index in [9.17, 15) is 0 Å². The summed E-state index contributed by atoms with van der Waals surface area (Å²) >= 11 is 1.46. The molecule has 0 saturated carbocycles. The quantitative estimate of drug-likeness (QED) is 0.615. The number of hydrazine groups is 1. The van der Waals surface area contributed by atoms with Crippen molar-refractivity contribution >= 4 is 11.5 Å². The first kappa shape index (κ1) is 15.5. The van der Waals surface area contributed by atoms with Crippen molar-refractivity contribution in [1.29, 1.82) is 0 Å². The van der Waals surface area contributed by atoms with Crippen LogP contribution in [0.4, 0.5) is 0 Å². The molecule has 1 rings (SSSR count). The van der Waals surface area contributed by atoms with Crippen molar-refractivity contribution in [2.45, 2.75) is 65.3 Å². The molecule has 3 N–H and O–H groups in total. The van der Waals surface area contributed by atoms with Gasteiger partial charge in [0, 0.05) is 5.41 Å². The Labute approximate surface area is 114 Å². The molecular formula is C13H26N4S. The maximum absolute atomic E-state index is 5.69. The molecule has 0 radical (unpaired) electrons. The van der Waals surface area contributed by atoms with Crippen LogP contribution in [0.25, 0.3) is 0 Å². The van der Waals surface area contributed by atoms with Gasteiger partial charge in [0.1, 0.15) is 0 Å². The fourth-order valence-corrected chi connectivity index (χ4v) is 2.92. The maximum atomic E-state index is 5.69. The van der Waals surface area contributed by atoms with Crippen LogP contribution in [0.3, 0.4) is 0 Å². The summed E-state index contributed by atoms with van der Waals surface area (Å²) in [5, 5.41) is 4.27. The van der Waals surface area contributed by atoms with Crippen molar-refractivity contribution in [2.75, 3.05) is 0 Å². The van der Waals surface area contributed by atoms with Crippen molar-refractivity contribution in [1.82, 2.24) is 15.0 Å². The molecule has 1 aromatic heterocycles. The Bertz CT molecular complexity index is 354. The monoisotopic (exact) mass is 270 g/mol. The van der Waals surface area contributed by atoms with Gasteiger partial charge in [-0.2, -0.15) is 0 Å². The number of nitrogens with two attached hydrogens (primary N) is 1. The van der Waals surface area contributed by atoms with Gasteiger partial charge in [-0.1, -0.05) is 51.9 Å². The van der Waals surface area contributed by atoms with E-state index in [-0.39, 0.29) is 11.5 Å². The average molecular weight is 270 g/mol. The Morgan fingerprint density at radius 1 is 1.28 bits per heavy atom. The molecule has 0 saturated heterocycles. The van der Waals surface area contributed by atoms with Gasteiger partial charge in [0.05, 0.1) is 16.6 Å². The first-order chi connectivity index (χ1) is 8.36. The molecule has 0 bridgehead atoms. The van der Waals surface area contributed by atoms with Crippen molar-refractivity contribution in [3.63, 3.8) is 0 Å². The summed E-state index contributed by atoms with van der Waals surface area (Å²) in [6.07, 6.45) is 3.45. The highest BCUT2D eigenvalue weighted by Gasteiger charge is 2.26. The lowest BCUT2D eigenvalue weighted by Gasteiger charge is -2.21. The summed E-state index contributed by atoms with van der Waals surface area (Å²) in [5.41, 5.74) is 4.01. The van der Waals surface area contributed by atoms with E-state index in [0.717, 1.165) is 18.0 Å². The van der Waals surface area contributed by atoms with Crippen LogP contribution in [-0.2, 0) is 5.41 Å². The maximum Gasteiger partial charge on any atom is 0.0857 e. The highest BCUT2D eigenvalue weighted by atomic mass is 32.1. The molecule has 1 atom stereocenters. The molecule has 4 nitrogen and oxygen atoms in total. The Hall–Kier alpha value is -0.520. The number of hydrogen-bond acceptors (Lipinski definition) is 5. The SMILES string of the molecule is CC(C)CCCC(NN)c1snnc1C(C)(C)C. The third-order valence-corrected chi connectivity index (χ3v) is 3.85. The van der Waals surface area contributed by atoms with E-state index in [2.05, 4.69) is 49.6 Å². The van der Waals surface area contributed by atoms with E-state index in [4.69, 9.17) is 5.84 Å². The topological polar surface area (TPSA) is 63.8 Å². The third-order valence-electron chi connectivity index (χ3n) is 3.02. The molecule has 0 aliphatic heterocycles. The molecule has 1 unspecified atom stereocenters. The molecular weight excluding hydrogens is 244 g/mol. The summed E-state index contributed by atoms with van der Waals surface area (Å²) in [6.45, 7) is 11.0. The summed E-state index contributed by atoms with van der Waals surface area (Å²) in [6, 6.07) is 0.179. The number of aromatic nitrogens is 2. The summed E-state index contributed by atoms with van der Waals surface area (Å²) in [4.78, 5) is 1.19. The van der Waals surface area contributed by atoms with Gasteiger partial charge in [0.15, 0.2) is 0 Å². The van der Waals surface area contributed by atoms with E-state index in [1.807, 2.05) is 0 Å². The first-order valence-electron chi connectivity index (χ1n) is 6.65.